The van der Waals surface area contributed by atoms with Crippen molar-refractivity contribution in [2.24, 2.45) is 5.92 Å². The molecule has 1 aromatic rings. The second kappa shape index (κ2) is 7.07. The molecule has 21 heavy (non-hydrogen) atoms. The van der Waals surface area contributed by atoms with Gasteiger partial charge in [-0.1, -0.05) is 43.2 Å². The predicted molar refractivity (Wildman–Crippen MR) is 86.0 cm³/mol. The number of benzene rings is 1. The number of rotatable bonds is 6. The molecule has 0 spiro atoms. The molecule has 0 radical (unpaired) electrons. The van der Waals surface area contributed by atoms with Crippen LogP contribution in [0, 0.1) is 19.8 Å². The molecule has 1 N–H and O–H groups in total. The summed E-state index contributed by atoms with van der Waals surface area (Å²) < 4.78 is 23.6. The average Bonchev–Trinajstić information content (AvgIpc) is 2.23. The first kappa shape index (κ1) is 17.7. The first-order valence-corrected chi connectivity index (χ1v) is 8.99. The van der Waals surface area contributed by atoms with Gasteiger partial charge in [-0.05, 0) is 32.3 Å². The Morgan fingerprint density at radius 3 is 2.10 bits per heavy atom. The maximum Gasteiger partial charge on any atom is 0.235 e. The van der Waals surface area contributed by atoms with Gasteiger partial charge in [0.05, 0.1) is 11.8 Å². The third kappa shape index (κ3) is 6.29. The summed E-state index contributed by atoms with van der Waals surface area (Å²) in [5, 5.41) is 2.76. The Morgan fingerprint density at radius 2 is 1.62 bits per heavy atom. The number of amides is 1. The second-order valence-corrected chi connectivity index (χ2v) is 8.27. The largest absolute Gasteiger partial charge is 0.349 e. The molecule has 1 atom stereocenters. The smallest absolute Gasteiger partial charge is 0.235 e. The summed E-state index contributed by atoms with van der Waals surface area (Å²) in [6, 6.07) is 5.86. The minimum absolute atomic E-state index is 0.0274. The third-order valence-corrected chi connectivity index (χ3v) is 4.94. The fourth-order valence-electron chi connectivity index (χ4n) is 2.39. The standard InChI is InChI=1S/C16H25NO3S/c1-11(2)9-21(19,20)10-16(18)17-14(5)15-7-12(3)6-13(4)8-15/h6-8,11,14H,9-10H2,1-5H3,(H,17,18)/t14-/m0/s1. The Kier molecular flexibility index (Phi) is 5.96. The van der Waals surface area contributed by atoms with Gasteiger partial charge in [0.25, 0.3) is 0 Å². The highest BCUT2D eigenvalue weighted by Gasteiger charge is 2.19. The molecule has 0 aromatic heterocycles. The van der Waals surface area contributed by atoms with Crippen LogP contribution in [0.25, 0.3) is 0 Å². The van der Waals surface area contributed by atoms with Crippen molar-refractivity contribution in [3.8, 4) is 0 Å². The molecule has 5 heteroatoms. The average molecular weight is 311 g/mol. The van der Waals surface area contributed by atoms with Crippen molar-refractivity contribution in [3.05, 3.63) is 34.9 Å². The molecule has 0 aliphatic rings. The van der Waals surface area contributed by atoms with E-state index in [1.165, 1.54) is 0 Å². The van der Waals surface area contributed by atoms with Gasteiger partial charge in [0.1, 0.15) is 5.75 Å². The van der Waals surface area contributed by atoms with Crippen molar-refractivity contribution < 1.29 is 13.2 Å². The number of hydrogen-bond donors (Lipinski definition) is 1. The van der Waals surface area contributed by atoms with Crippen LogP contribution in [0.5, 0.6) is 0 Å². The molecule has 0 saturated heterocycles. The molecule has 0 fully saturated rings. The molecule has 118 valence electrons. The number of hydrogen-bond acceptors (Lipinski definition) is 3. The highest BCUT2D eigenvalue weighted by Crippen LogP contribution is 2.16. The summed E-state index contributed by atoms with van der Waals surface area (Å²) in [6.07, 6.45) is 0. The molecule has 0 bridgehead atoms. The van der Waals surface area contributed by atoms with Crippen LogP contribution in [0.2, 0.25) is 0 Å². The van der Waals surface area contributed by atoms with Gasteiger partial charge in [-0.3, -0.25) is 4.79 Å². The summed E-state index contributed by atoms with van der Waals surface area (Å²) in [5.74, 6) is -0.819. The van der Waals surface area contributed by atoms with E-state index in [9.17, 15) is 13.2 Å². The van der Waals surface area contributed by atoms with Gasteiger partial charge < -0.3 is 5.32 Å². The van der Waals surface area contributed by atoms with Gasteiger partial charge in [0.2, 0.25) is 5.91 Å². The Morgan fingerprint density at radius 1 is 1.10 bits per heavy atom. The van der Waals surface area contributed by atoms with Gasteiger partial charge in [0.15, 0.2) is 9.84 Å². The van der Waals surface area contributed by atoms with Gasteiger partial charge in [0, 0.05) is 0 Å². The van der Waals surface area contributed by atoms with Crippen LogP contribution in [0.1, 0.15) is 43.5 Å². The molecule has 0 heterocycles. The maximum atomic E-state index is 11.9. The van der Waals surface area contributed by atoms with Crippen LogP contribution in [0.3, 0.4) is 0 Å². The first-order chi connectivity index (χ1) is 9.59. The topological polar surface area (TPSA) is 63.2 Å². The van der Waals surface area contributed by atoms with Crippen LogP contribution in [0.15, 0.2) is 18.2 Å². The lowest BCUT2D eigenvalue weighted by Gasteiger charge is -2.16. The van der Waals surface area contributed by atoms with E-state index in [1.54, 1.807) is 0 Å². The molecule has 0 aliphatic carbocycles. The Balaban J connectivity index is 2.70. The number of aryl methyl sites for hydroxylation is 2. The number of sulfone groups is 1. The SMILES string of the molecule is Cc1cc(C)cc([C@H](C)NC(=O)CS(=O)(=O)CC(C)C)c1. The summed E-state index contributed by atoms with van der Waals surface area (Å²) in [6.45, 7) is 9.51. The molecule has 1 amide bonds. The van der Waals surface area contributed by atoms with Crippen molar-refractivity contribution in [1.29, 1.82) is 0 Å². The third-order valence-electron chi connectivity index (χ3n) is 3.06. The van der Waals surface area contributed by atoms with E-state index < -0.39 is 21.5 Å². The Hall–Kier alpha value is -1.36. The summed E-state index contributed by atoms with van der Waals surface area (Å²) >= 11 is 0. The molecule has 0 aliphatic heterocycles. The fraction of sp³-hybridized carbons (Fsp3) is 0.562. The maximum absolute atomic E-state index is 11.9. The molecule has 1 aromatic carbocycles. The number of carbonyl (C=O) groups excluding carboxylic acids is 1. The molecule has 4 nitrogen and oxygen atoms in total. The normalized spacial score (nSPS) is 13.2. The highest BCUT2D eigenvalue weighted by molar-refractivity contribution is 7.92. The number of nitrogens with one attached hydrogen (secondary N) is 1. The van der Waals surface area contributed by atoms with Gasteiger partial charge in [-0.15, -0.1) is 0 Å². The van der Waals surface area contributed by atoms with Crippen LogP contribution in [-0.4, -0.2) is 25.8 Å². The van der Waals surface area contributed by atoms with Gasteiger partial charge >= 0.3 is 0 Å². The molecule has 1 rings (SSSR count). The molecular weight excluding hydrogens is 286 g/mol. The zero-order valence-corrected chi connectivity index (χ0v) is 14.3. The minimum Gasteiger partial charge on any atom is -0.349 e. The molecule has 0 unspecified atom stereocenters. The van der Waals surface area contributed by atoms with E-state index in [4.69, 9.17) is 0 Å². The summed E-state index contributed by atoms with van der Waals surface area (Å²) in [5.41, 5.74) is 3.24. The van der Waals surface area contributed by atoms with Crippen LogP contribution < -0.4 is 5.32 Å². The predicted octanol–water partition coefficient (Wildman–Crippen LogP) is 2.55. The highest BCUT2D eigenvalue weighted by atomic mass is 32.2. The fourth-order valence-corrected chi connectivity index (χ4v) is 4.01. The zero-order chi connectivity index (χ0) is 16.2. The van der Waals surface area contributed by atoms with E-state index in [0.29, 0.717) is 0 Å². The van der Waals surface area contributed by atoms with Gasteiger partial charge in [-0.25, -0.2) is 8.42 Å². The lowest BCUT2D eigenvalue weighted by Crippen LogP contribution is -2.33. The van der Waals surface area contributed by atoms with Crippen LogP contribution in [0.4, 0.5) is 0 Å². The monoisotopic (exact) mass is 311 g/mol. The zero-order valence-electron chi connectivity index (χ0n) is 13.4. The van der Waals surface area contributed by atoms with E-state index in [0.717, 1.165) is 16.7 Å². The van der Waals surface area contributed by atoms with Crippen LogP contribution >= 0.6 is 0 Å². The lowest BCUT2D eigenvalue weighted by atomic mass is 10.0. The van der Waals surface area contributed by atoms with Crippen molar-refractivity contribution in [3.63, 3.8) is 0 Å². The van der Waals surface area contributed by atoms with E-state index in [-0.39, 0.29) is 17.7 Å². The number of carbonyl (C=O) groups is 1. The quantitative estimate of drug-likeness (QED) is 0.878. The van der Waals surface area contributed by atoms with Crippen molar-refractivity contribution in [2.45, 2.75) is 40.7 Å². The van der Waals surface area contributed by atoms with Crippen molar-refractivity contribution in [1.82, 2.24) is 5.32 Å². The van der Waals surface area contributed by atoms with Crippen molar-refractivity contribution in [2.75, 3.05) is 11.5 Å². The second-order valence-electron chi connectivity index (χ2n) is 6.16. The minimum atomic E-state index is -3.34. The van der Waals surface area contributed by atoms with Gasteiger partial charge in [-0.2, -0.15) is 0 Å². The van der Waals surface area contributed by atoms with E-state index >= 15 is 0 Å². The summed E-state index contributed by atoms with van der Waals surface area (Å²) in [7, 11) is -3.34. The Bertz CT molecular complexity index is 586. The first-order valence-electron chi connectivity index (χ1n) is 7.17. The van der Waals surface area contributed by atoms with E-state index in [1.807, 2.05) is 46.8 Å². The van der Waals surface area contributed by atoms with E-state index in [2.05, 4.69) is 11.4 Å². The summed E-state index contributed by atoms with van der Waals surface area (Å²) in [4.78, 5) is 11.9. The lowest BCUT2D eigenvalue weighted by molar-refractivity contribution is -0.119. The van der Waals surface area contributed by atoms with Crippen molar-refractivity contribution >= 4 is 15.7 Å². The molecular formula is C16H25NO3S. The molecule has 0 saturated carbocycles. The Labute approximate surface area is 127 Å². The van der Waals surface area contributed by atoms with Crippen LogP contribution in [-0.2, 0) is 14.6 Å².